The average Bonchev–Trinajstić information content (AvgIpc) is 2.64. The van der Waals surface area contributed by atoms with Crippen molar-refractivity contribution in [3.63, 3.8) is 0 Å². The quantitative estimate of drug-likeness (QED) is 0.194. The summed E-state index contributed by atoms with van der Waals surface area (Å²) in [4.78, 5) is 47.8. The van der Waals surface area contributed by atoms with Crippen LogP contribution in [0.15, 0.2) is 0 Å². The Bertz CT molecular complexity index is 578. The first-order chi connectivity index (χ1) is 13.9. The molecule has 0 bridgehead atoms. The van der Waals surface area contributed by atoms with Gasteiger partial charge in [-0.15, -0.1) is 0 Å². The minimum Gasteiger partial charge on any atom is -0.480 e. The second kappa shape index (κ2) is 13.5. The summed E-state index contributed by atoms with van der Waals surface area (Å²) in [5.74, 6) is -1.79. The first-order valence-electron chi connectivity index (χ1n) is 10.1. The lowest BCUT2D eigenvalue weighted by Gasteiger charge is -2.33. The van der Waals surface area contributed by atoms with Crippen molar-refractivity contribution in [3.05, 3.63) is 0 Å². The van der Waals surface area contributed by atoms with Crippen molar-refractivity contribution in [3.8, 4) is 0 Å². The average molecular weight is 449 g/mol. The van der Waals surface area contributed by atoms with Crippen LogP contribution in [0, 0.1) is 5.41 Å². The molecule has 9 nitrogen and oxygen atoms in total. The molecule has 4 N–H and O–H groups in total. The maximum Gasteiger partial charge on any atom is 0.343 e. The molecule has 0 aliphatic carbocycles. The third-order valence-electron chi connectivity index (χ3n) is 4.63. The zero-order valence-corrected chi connectivity index (χ0v) is 19.4. The molecule has 0 spiro atoms. The van der Waals surface area contributed by atoms with E-state index in [0.29, 0.717) is 18.6 Å². The van der Waals surface area contributed by atoms with Crippen LogP contribution in [0.1, 0.15) is 60.3 Å². The topological polar surface area (TPSA) is 145 Å². The standard InChI is InChI=1S/C20H36N2O7S/c1-6-28-17(26)20(22-14(3)23,18(27)29-7-2)10-9-19(4,5)11-13-30-12-8-15(21)16(24)25/h15H,6-13,21H2,1-5H3,(H,22,23)(H,24,25)/t15-/m0/s1. The molecule has 0 aliphatic heterocycles. The van der Waals surface area contributed by atoms with Gasteiger partial charge in [-0.05, 0) is 56.5 Å². The van der Waals surface area contributed by atoms with Gasteiger partial charge < -0.3 is 25.6 Å². The van der Waals surface area contributed by atoms with Crippen molar-refractivity contribution in [1.29, 1.82) is 0 Å². The van der Waals surface area contributed by atoms with Crippen LogP contribution in [0.4, 0.5) is 0 Å². The van der Waals surface area contributed by atoms with E-state index < -0.39 is 35.4 Å². The number of aliphatic carboxylic acids is 1. The Labute approximate surface area is 182 Å². The second-order valence-corrected chi connectivity index (χ2v) is 9.01. The smallest absolute Gasteiger partial charge is 0.343 e. The number of nitrogens with one attached hydrogen (secondary N) is 1. The summed E-state index contributed by atoms with van der Waals surface area (Å²) in [6.07, 6.45) is 1.66. The highest BCUT2D eigenvalue weighted by molar-refractivity contribution is 7.99. The molecule has 1 amide bonds. The highest BCUT2D eigenvalue weighted by atomic mass is 32.2. The number of esters is 2. The molecule has 0 radical (unpaired) electrons. The van der Waals surface area contributed by atoms with Gasteiger partial charge in [0.25, 0.3) is 0 Å². The normalized spacial score (nSPS) is 12.7. The van der Waals surface area contributed by atoms with E-state index in [1.54, 1.807) is 25.6 Å². The fourth-order valence-corrected chi connectivity index (χ4v) is 4.02. The van der Waals surface area contributed by atoms with E-state index in [1.807, 2.05) is 13.8 Å². The molecule has 10 heteroatoms. The Balaban J connectivity index is 5.08. The lowest BCUT2D eigenvalue weighted by molar-refractivity contribution is -0.168. The van der Waals surface area contributed by atoms with Crippen LogP contribution in [-0.4, -0.2) is 65.2 Å². The molecule has 0 unspecified atom stereocenters. The number of hydrogen-bond acceptors (Lipinski definition) is 8. The molecule has 0 saturated heterocycles. The summed E-state index contributed by atoms with van der Waals surface area (Å²) in [5.41, 5.74) is 3.37. The predicted octanol–water partition coefficient (Wildman–Crippen LogP) is 1.72. The van der Waals surface area contributed by atoms with Crippen LogP contribution >= 0.6 is 11.8 Å². The molecule has 0 fully saturated rings. The first kappa shape index (κ1) is 28.2. The van der Waals surface area contributed by atoms with Gasteiger partial charge in [-0.2, -0.15) is 11.8 Å². The van der Waals surface area contributed by atoms with Crippen LogP contribution in [0.3, 0.4) is 0 Å². The molecule has 0 rings (SSSR count). The number of nitrogens with two attached hydrogens (primary N) is 1. The third kappa shape index (κ3) is 9.80. The van der Waals surface area contributed by atoms with Gasteiger partial charge in [-0.1, -0.05) is 13.8 Å². The van der Waals surface area contributed by atoms with E-state index in [0.717, 1.165) is 12.2 Å². The minimum atomic E-state index is -1.88. The largest absolute Gasteiger partial charge is 0.480 e. The molecule has 0 saturated carbocycles. The van der Waals surface area contributed by atoms with Gasteiger partial charge in [0.2, 0.25) is 11.4 Å². The zero-order valence-electron chi connectivity index (χ0n) is 18.6. The molecule has 1 atom stereocenters. The fourth-order valence-electron chi connectivity index (χ4n) is 2.70. The Hall–Kier alpha value is -1.81. The van der Waals surface area contributed by atoms with E-state index in [4.69, 9.17) is 20.3 Å². The molecular weight excluding hydrogens is 412 g/mol. The third-order valence-corrected chi connectivity index (χ3v) is 5.64. The van der Waals surface area contributed by atoms with Crippen molar-refractivity contribution >= 4 is 35.6 Å². The number of thioether (sulfide) groups is 1. The highest BCUT2D eigenvalue weighted by Crippen LogP contribution is 2.32. The van der Waals surface area contributed by atoms with Gasteiger partial charge in [0.05, 0.1) is 13.2 Å². The van der Waals surface area contributed by atoms with Gasteiger partial charge in [-0.3, -0.25) is 9.59 Å². The van der Waals surface area contributed by atoms with E-state index in [2.05, 4.69) is 5.32 Å². The minimum absolute atomic E-state index is 0.0474. The SMILES string of the molecule is CCOC(=O)C(CCC(C)(C)CCSCC[C@H](N)C(=O)O)(NC(C)=O)C(=O)OCC. The maximum absolute atomic E-state index is 12.7. The van der Waals surface area contributed by atoms with Crippen molar-refractivity contribution < 1.29 is 33.8 Å². The second-order valence-electron chi connectivity index (χ2n) is 7.79. The van der Waals surface area contributed by atoms with E-state index in [-0.39, 0.29) is 25.0 Å². The number of rotatable bonds is 15. The van der Waals surface area contributed by atoms with Gasteiger partial charge in [0.15, 0.2) is 0 Å². The highest BCUT2D eigenvalue weighted by Gasteiger charge is 2.50. The summed E-state index contributed by atoms with van der Waals surface area (Å²) in [6, 6.07) is -0.863. The maximum atomic E-state index is 12.7. The molecule has 0 aromatic rings. The number of ether oxygens (including phenoxy) is 2. The molecule has 0 heterocycles. The van der Waals surface area contributed by atoms with Crippen LogP contribution < -0.4 is 11.1 Å². The van der Waals surface area contributed by atoms with Crippen LogP contribution in [0.2, 0.25) is 0 Å². The first-order valence-corrected chi connectivity index (χ1v) is 11.3. The number of amides is 1. The van der Waals surface area contributed by atoms with Crippen LogP contribution in [-0.2, 0) is 28.7 Å². The number of carbonyl (C=O) groups is 4. The van der Waals surface area contributed by atoms with Gasteiger partial charge in [0, 0.05) is 6.92 Å². The number of carbonyl (C=O) groups excluding carboxylic acids is 3. The molecule has 30 heavy (non-hydrogen) atoms. The summed E-state index contributed by atoms with van der Waals surface area (Å²) in [6.45, 7) is 8.63. The lowest BCUT2D eigenvalue weighted by atomic mass is 9.79. The Morgan fingerprint density at radius 3 is 1.97 bits per heavy atom. The van der Waals surface area contributed by atoms with E-state index >= 15 is 0 Å². The van der Waals surface area contributed by atoms with Gasteiger partial charge in [0.1, 0.15) is 6.04 Å². The van der Waals surface area contributed by atoms with Crippen molar-refractivity contribution in [1.82, 2.24) is 5.32 Å². The molecule has 0 aromatic carbocycles. The van der Waals surface area contributed by atoms with Crippen LogP contribution in [0.25, 0.3) is 0 Å². The summed E-state index contributed by atoms with van der Waals surface area (Å²) in [5, 5.41) is 11.3. The summed E-state index contributed by atoms with van der Waals surface area (Å²) < 4.78 is 10.2. The van der Waals surface area contributed by atoms with E-state index in [9.17, 15) is 19.2 Å². The summed E-state index contributed by atoms with van der Waals surface area (Å²) in [7, 11) is 0. The van der Waals surface area contributed by atoms with Crippen molar-refractivity contribution in [2.24, 2.45) is 11.1 Å². The van der Waals surface area contributed by atoms with E-state index in [1.165, 1.54) is 6.92 Å². The zero-order chi connectivity index (χ0) is 23.4. The van der Waals surface area contributed by atoms with Crippen LogP contribution in [0.5, 0.6) is 0 Å². The Kier molecular flexibility index (Phi) is 12.7. The number of carboxylic acids is 1. The number of hydrogen-bond donors (Lipinski definition) is 3. The van der Waals surface area contributed by atoms with Crippen molar-refractivity contribution in [2.45, 2.75) is 71.9 Å². The van der Waals surface area contributed by atoms with Crippen molar-refractivity contribution in [2.75, 3.05) is 24.7 Å². The summed E-state index contributed by atoms with van der Waals surface area (Å²) >= 11 is 1.60. The number of carboxylic acid groups (broad SMARTS) is 1. The Morgan fingerprint density at radius 1 is 1.00 bits per heavy atom. The monoisotopic (exact) mass is 448 g/mol. The molecule has 0 aromatic heterocycles. The van der Waals surface area contributed by atoms with Gasteiger partial charge in [-0.25, -0.2) is 9.59 Å². The fraction of sp³-hybridized carbons (Fsp3) is 0.800. The molecule has 174 valence electrons. The Morgan fingerprint density at radius 2 is 1.53 bits per heavy atom. The molecular formula is C20H36N2O7S. The lowest BCUT2D eigenvalue weighted by Crippen LogP contribution is -2.61. The van der Waals surface area contributed by atoms with Gasteiger partial charge >= 0.3 is 17.9 Å². The predicted molar refractivity (Wildman–Crippen MR) is 115 cm³/mol. The molecule has 0 aliphatic rings.